The Morgan fingerprint density at radius 1 is 1.03 bits per heavy atom. The van der Waals surface area contributed by atoms with Crippen LogP contribution >= 0.6 is 0 Å². The Morgan fingerprint density at radius 2 is 1.79 bits per heavy atom. The first kappa shape index (κ1) is 28.2. The molecule has 206 valence electrons. The third-order valence-corrected chi connectivity index (χ3v) is 7.82. The molecule has 0 unspecified atom stereocenters. The van der Waals surface area contributed by atoms with Crippen molar-refractivity contribution in [3.8, 4) is 0 Å². The lowest BCUT2D eigenvalue weighted by molar-refractivity contribution is -0.132. The van der Waals surface area contributed by atoms with E-state index in [4.69, 9.17) is 0 Å². The fourth-order valence-electron chi connectivity index (χ4n) is 5.95. The molecule has 1 aliphatic carbocycles. The monoisotopic (exact) mass is 522 g/mol. The van der Waals surface area contributed by atoms with E-state index in [0.717, 1.165) is 38.9 Å². The van der Waals surface area contributed by atoms with Crippen LogP contribution in [0.1, 0.15) is 81.1 Å². The van der Waals surface area contributed by atoms with E-state index in [2.05, 4.69) is 23.7 Å². The van der Waals surface area contributed by atoms with Crippen LogP contribution in [0.15, 0.2) is 42.7 Å². The van der Waals surface area contributed by atoms with Crippen LogP contribution in [0.2, 0.25) is 0 Å². The van der Waals surface area contributed by atoms with Crippen molar-refractivity contribution in [2.75, 3.05) is 37.6 Å². The highest BCUT2D eigenvalue weighted by molar-refractivity contribution is 6.06. The zero-order valence-corrected chi connectivity index (χ0v) is 23.1. The number of anilines is 1. The first-order valence-electron chi connectivity index (χ1n) is 14.4. The lowest BCUT2D eigenvalue weighted by atomic mass is 10.0. The highest BCUT2D eigenvalue weighted by Crippen LogP contribution is 2.30. The highest BCUT2D eigenvalue weighted by Gasteiger charge is 2.25. The van der Waals surface area contributed by atoms with Gasteiger partial charge in [0.25, 0.3) is 5.91 Å². The third kappa shape index (κ3) is 7.85. The topological polar surface area (TPSA) is 56.8 Å². The standard InChI is InChI=1S/C31H43FN4O2/c1-24(2)22-34-16-6-18-35(30(37)14-11-25-8-3-4-9-25)23-27-20-28(32)12-13-29(27)36(19-7-17-34)31(38)26-10-5-15-33-21-26/h5,10,12-13,15,20-21,24-25H,3-4,6-9,11,14,16-19,22-23H2,1-2H3. The van der Waals surface area contributed by atoms with Gasteiger partial charge in [0.2, 0.25) is 5.91 Å². The maximum atomic E-state index is 14.5. The van der Waals surface area contributed by atoms with Crippen LogP contribution in [-0.4, -0.2) is 59.3 Å². The molecule has 7 heteroatoms. The van der Waals surface area contributed by atoms with Crippen molar-refractivity contribution < 1.29 is 14.0 Å². The summed E-state index contributed by atoms with van der Waals surface area (Å²) in [7, 11) is 0. The maximum Gasteiger partial charge on any atom is 0.259 e. The number of halogens is 1. The molecule has 6 nitrogen and oxygen atoms in total. The van der Waals surface area contributed by atoms with Crippen LogP contribution in [0.25, 0.3) is 0 Å². The minimum atomic E-state index is -0.355. The summed E-state index contributed by atoms with van der Waals surface area (Å²) in [4.78, 5) is 37.4. The second-order valence-corrected chi connectivity index (χ2v) is 11.4. The molecule has 1 aliphatic heterocycles. The number of aromatic nitrogens is 1. The molecule has 1 fully saturated rings. The van der Waals surface area contributed by atoms with Crippen molar-refractivity contribution in [2.24, 2.45) is 11.8 Å². The van der Waals surface area contributed by atoms with Gasteiger partial charge >= 0.3 is 0 Å². The van der Waals surface area contributed by atoms with Gasteiger partial charge in [-0.3, -0.25) is 14.6 Å². The van der Waals surface area contributed by atoms with E-state index >= 15 is 0 Å². The van der Waals surface area contributed by atoms with Crippen LogP contribution in [0.5, 0.6) is 0 Å². The maximum absolute atomic E-state index is 14.5. The summed E-state index contributed by atoms with van der Waals surface area (Å²) in [5.41, 5.74) is 1.85. The van der Waals surface area contributed by atoms with Gasteiger partial charge in [0.15, 0.2) is 0 Å². The molecule has 2 aromatic rings. The normalized spacial score (nSPS) is 18.2. The second kappa shape index (κ2) is 13.8. The zero-order valence-electron chi connectivity index (χ0n) is 23.1. The molecule has 2 aliphatic rings. The third-order valence-electron chi connectivity index (χ3n) is 7.82. The summed E-state index contributed by atoms with van der Waals surface area (Å²) in [5, 5.41) is 0. The van der Waals surface area contributed by atoms with Crippen molar-refractivity contribution in [3.63, 3.8) is 0 Å². The number of fused-ring (bicyclic) bond motifs is 1. The van der Waals surface area contributed by atoms with Gasteiger partial charge < -0.3 is 14.7 Å². The number of hydrogen-bond acceptors (Lipinski definition) is 4. The molecular weight excluding hydrogens is 479 g/mol. The number of carbonyl (C=O) groups is 2. The first-order chi connectivity index (χ1) is 18.4. The molecule has 2 heterocycles. The van der Waals surface area contributed by atoms with Crippen LogP contribution in [0.4, 0.5) is 10.1 Å². The lowest BCUT2D eigenvalue weighted by Crippen LogP contribution is -2.39. The Hall–Kier alpha value is -2.80. The predicted molar refractivity (Wildman–Crippen MR) is 149 cm³/mol. The van der Waals surface area contributed by atoms with Crippen molar-refractivity contribution in [1.29, 1.82) is 0 Å². The molecule has 0 bridgehead atoms. The van der Waals surface area contributed by atoms with E-state index in [9.17, 15) is 14.0 Å². The Morgan fingerprint density at radius 3 is 2.50 bits per heavy atom. The van der Waals surface area contributed by atoms with Gasteiger partial charge in [-0.25, -0.2) is 4.39 Å². The van der Waals surface area contributed by atoms with Gasteiger partial charge in [-0.1, -0.05) is 39.5 Å². The number of amides is 2. The molecule has 2 amide bonds. The summed E-state index contributed by atoms with van der Waals surface area (Å²) < 4.78 is 14.5. The van der Waals surface area contributed by atoms with E-state index in [1.165, 1.54) is 37.8 Å². The molecule has 0 spiro atoms. The van der Waals surface area contributed by atoms with E-state index in [-0.39, 0.29) is 17.6 Å². The van der Waals surface area contributed by atoms with Gasteiger partial charge in [-0.15, -0.1) is 0 Å². The number of carbonyl (C=O) groups excluding carboxylic acids is 2. The number of hydrogen-bond donors (Lipinski definition) is 0. The highest BCUT2D eigenvalue weighted by atomic mass is 19.1. The summed E-state index contributed by atoms with van der Waals surface area (Å²) in [6.07, 6.45) is 11.3. The number of pyridine rings is 1. The molecule has 38 heavy (non-hydrogen) atoms. The summed E-state index contributed by atoms with van der Waals surface area (Å²) >= 11 is 0. The molecule has 0 saturated heterocycles. The first-order valence-corrected chi connectivity index (χ1v) is 14.4. The zero-order chi connectivity index (χ0) is 26.9. The lowest BCUT2D eigenvalue weighted by Gasteiger charge is -2.32. The summed E-state index contributed by atoms with van der Waals surface area (Å²) in [6, 6.07) is 8.11. The van der Waals surface area contributed by atoms with E-state index in [1.807, 2.05) is 4.90 Å². The van der Waals surface area contributed by atoms with E-state index < -0.39 is 0 Å². The molecule has 4 rings (SSSR count). The Balaban J connectivity index is 1.63. The molecular formula is C31H43FN4O2. The minimum absolute atomic E-state index is 0.129. The summed E-state index contributed by atoms with van der Waals surface area (Å²) in [5.74, 6) is 0.794. The smallest absolute Gasteiger partial charge is 0.259 e. The Bertz CT molecular complexity index is 1060. The van der Waals surface area contributed by atoms with Crippen LogP contribution in [0.3, 0.4) is 0 Å². The van der Waals surface area contributed by atoms with Crippen LogP contribution in [-0.2, 0) is 11.3 Å². The SMILES string of the molecule is CC(C)CN1CCCN(C(=O)CCC2CCCC2)Cc2cc(F)ccc2N(C(=O)c2cccnc2)CCC1. The molecule has 1 aromatic carbocycles. The van der Waals surface area contributed by atoms with Crippen molar-refractivity contribution in [2.45, 2.75) is 71.8 Å². The molecule has 0 radical (unpaired) electrons. The van der Waals surface area contributed by atoms with Gasteiger partial charge in [-0.05, 0) is 80.1 Å². The fourth-order valence-corrected chi connectivity index (χ4v) is 5.95. The average molecular weight is 523 g/mol. The van der Waals surface area contributed by atoms with E-state index in [0.29, 0.717) is 54.7 Å². The van der Waals surface area contributed by atoms with Crippen LogP contribution in [0, 0.1) is 17.7 Å². The summed E-state index contributed by atoms with van der Waals surface area (Å²) in [6.45, 7) is 8.63. The molecule has 0 atom stereocenters. The predicted octanol–water partition coefficient (Wildman–Crippen LogP) is 5.92. The molecule has 0 N–H and O–H groups in total. The van der Waals surface area contributed by atoms with Crippen molar-refractivity contribution in [1.82, 2.24) is 14.8 Å². The fraction of sp³-hybridized carbons (Fsp3) is 0.581. The van der Waals surface area contributed by atoms with E-state index in [1.54, 1.807) is 35.5 Å². The van der Waals surface area contributed by atoms with Crippen LogP contribution < -0.4 is 4.90 Å². The van der Waals surface area contributed by atoms with Gasteiger partial charge in [-0.2, -0.15) is 0 Å². The number of benzene rings is 1. The largest absolute Gasteiger partial charge is 0.338 e. The number of rotatable bonds is 6. The average Bonchev–Trinajstić information content (AvgIpc) is 3.42. The van der Waals surface area contributed by atoms with Crippen molar-refractivity contribution in [3.05, 3.63) is 59.7 Å². The van der Waals surface area contributed by atoms with Gasteiger partial charge in [0.1, 0.15) is 5.82 Å². The van der Waals surface area contributed by atoms with Gasteiger partial charge in [0, 0.05) is 50.7 Å². The quantitative estimate of drug-likeness (QED) is 0.473. The van der Waals surface area contributed by atoms with Crippen molar-refractivity contribution >= 4 is 17.5 Å². The number of nitrogens with zero attached hydrogens (tertiary/aromatic N) is 4. The molecule has 1 saturated carbocycles. The van der Waals surface area contributed by atoms with Gasteiger partial charge in [0.05, 0.1) is 5.56 Å². The Kier molecular flexibility index (Phi) is 10.3. The Labute approximate surface area is 227 Å². The minimum Gasteiger partial charge on any atom is -0.338 e. The second-order valence-electron chi connectivity index (χ2n) is 11.4. The molecule has 1 aromatic heterocycles.